The van der Waals surface area contributed by atoms with Gasteiger partial charge in [-0.2, -0.15) is 0 Å². The molecule has 0 saturated heterocycles. The third-order valence-corrected chi connectivity index (χ3v) is 2.61. The molecule has 90 valence electrons. The van der Waals surface area contributed by atoms with Crippen LogP contribution < -0.4 is 5.43 Å². The van der Waals surface area contributed by atoms with Crippen LogP contribution in [0.2, 0.25) is 0 Å². The first kappa shape index (κ1) is 10.5. The van der Waals surface area contributed by atoms with Gasteiger partial charge in [0.2, 0.25) is 5.75 Å². The molecule has 5 nitrogen and oxygen atoms in total. The third-order valence-electron chi connectivity index (χ3n) is 2.61. The SMILES string of the molecule is O=c1cc(-c2ccco2)oc2c(O)c(O)ccc12. The van der Waals surface area contributed by atoms with Crippen LogP contribution >= 0.6 is 0 Å². The summed E-state index contributed by atoms with van der Waals surface area (Å²) in [5.74, 6) is -0.240. The second kappa shape index (κ2) is 3.66. The van der Waals surface area contributed by atoms with Crippen molar-refractivity contribution in [3.63, 3.8) is 0 Å². The average molecular weight is 244 g/mol. The molecule has 0 amide bonds. The summed E-state index contributed by atoms with van der Waals surface area (Å²) in [5, 5.41) is 19.3. The topological polar surface area (TPSA) is 83.8 Å². The van der Waals surface area contributed by atoms with Gasteiger partial charge in [0.05, 0.1) is 11.6 Å². The molecule has 2 N–H and O–H groups in total. The Balaban J connectivity index is 2.39. The zero-order valence-electron chi connectivity index (χ0n) is 9.08. The summed E-state index contributed by atoms with van der Waals surface area (Å²) in [5.41, 5.74) is -0.383. The number of furan rings is 1. The van der Waals surface area contributed by atoms with E-state index in [0.717, 1.165) is 0 Å². The standard InChI is InChI=1S/C13H8O5/c14-8-4-3-7-9(15)6-11(10-2-1-5-17-10)18-13(7)12(8)16/h1-6,14,16H. The highest BCUT2D eigenvalue weighted by atomic mass is 16.4. The van der Waals surface area contributed by atoms with Gasteiger partial charge in [-0.15, -0.1) is 0 Å². The van der Waals surface area contributed by atoms with Crippen LogP contribution in [-0.2, 0) is 0 Å². The fourth-order valence-electron chi connectivity index (χ4n) is 1.73. The molecule has 18 heavy (non-hydrogen) atoms. The summed E-state index contributed by atoms with van der Waals surface area (Å²) >= 11 is 0. The Morgan fingerprint density at radius 2 is 1.89 bits per heavy atom. The minimum absolute atomic E-state index is 0.0612. The van der Waals surface area contributed by atoms with Gasteiger partial charge in [0.1, 0.15) is 0 Å². The quantitative estimate of drug-likeness (QED) is 0.642. The summed E-state index contributed by atoms with van der Waals surface area (Å²) in [7, 11) is 0. The number of hydrogen-bond acceptors (Lipinski definition) is 5. The van der Waals surface area contributed by atoms with Crippen molar-refractivity contribution >= 4 is 11.0 Å². The van der Waals surface area contributed by atoms with Crippen molar-refractivity contribution in [2.45, 2.75) is 0 Å². The number of phenols is 2. The molecule has 0 aliphatic rings. The maximum Gasteiger partial charge on any atom is 0.201 e. The Morgan fingerprint density at radius 3 is 2.61 bits per heavy atom. The summed E-state index contributed by atoms with van der Waals surface area (Å²) in [6.45, 7) is 0. The monoisotopic (exact) mass is 244 g/mol. The van der Waals surface area contributed by atoms with Gasteiger partial charge in [0.25, 0.3) is 0 Å². The molecule has 5 heteroatoms. The van der Waals surface area contributed by atoms with E-state index in [0.29, 0.717) is 5.76 Å². The highest BCUT2D eigenvalue weighted by Gasteiger charge is 2.14. The predicted octanol–water partition coefficient (Wildman–Crippen LogP) is 2.46. The normalized spacial score (nSPS) is 10.9. The van der Waals surface area contributed by atoms with Crippen LogP contribution in [0.1, 0.15) is 0 Å². The van der Waals surface area contributed by atoms with Crippen LogP contribution in [-0.4, -0.2) is 10.2 Å². The van der Waals surface area contributed by atoms with E-state index < -0.39 is 5.75 Å². The molecule has 2 heterocycles. The Hall–Kier alpha value is -2.69. The molecule has 3 rings (SSSR count). The maximum absolute atomic E-state index is 11.9. The number of hydrogen-bond donors (Lipinski definition) is 2. The van der Waals surface area contributed by atoms with Crippen LogP contribution in [0.25, 0.3) is 22.5 Å². The van der Waals surface area contributed by atoms with Crippen molar-refractivity contribution < 1.29 is 19.0 Å². The fraction of sp³-hybridized carbons (Fsp3) is 0. The van der Waals surface area contributed by atoms with E-state index in [1.54, 1.807) is 12.1 Å². The lowest BCUT2D eigenvalue weighted by Crippen LogP contribution is -2.00. The van der Waals surface area contributed by atoms with Gasteiger partial charge in [-0.1, -0.05) is 0 Å². The zero-order valence-corrected chi connectivity index (χ0v) is 9.08. The molecular formula is C13H8O5. The lowest BCUT2D eigenvalue weighted by Gasteiger charge is -2.03. The van der Waals surface area contributed by atoms with E-state index >= 15 is 0 Å². The molecular weight excluding hydrogens is 236 g/mol. The molecule has 3 aromatic rings. The largest absolute Gasteiger partial charge is 0.504 e. The molecule has 0 spiro atoms. The fourth-order valence-corrected chi connectivity index (χ4v) is 1.73. The van der Waals surface area contributed by atoms with Crippen LogP contribution in [0.4, 0.5) is 0 Å². The van der Waals surface area contributed by atoms with E-state index in [-0.39, 0.29) is 27.9 Å². The molecule has 0 unspecified atom stereocenters. The van der Waals surface area contributed by atoms with Gasteiger partial charge < -0.3 is 19.0 Å². The van der Waals surface area contributed by atoms with E-state index in [9.17, 15) is 15.0 Å². The highest BCUT2D eigenvalue weighted by Crippen LogP contribution is 2.34. The van der Waals surface area contributed by atoms with Crippen molar-refractivity contribution in [2.75, 3.05) is 0 Å². The van der Waals surface area contributed by atoms with Gasteiger partial charge in [0, 0.05) is 6.07 Å². The van der Waals surface area contributed by atoms with Crippen molar-refractivity contribution in [2.24, 2.45) is 0 Å². The first-order valence-electron chi connectivity index (χ1n) is 5.19. The Bertz CT molecular complexity index is 768. The number of fused-ring (bicyclic) bond motifs is 1. The predicted molar refractivity (Wildman–Crippen MR) is 63.5 cm³/mol. The Morgan fingerprint density at radius 1 is 1.06 bits per heavy atom. The number of benzene rings is 1. The summed E-state index contributed by atoms with van der Waals surface area (Å²) in [6, 6.07) is 7.19. The Kier molecular flexibility index (Phi) is 2.13. The van der Waals surface area contributed by atoms with Crippen molar-refractivity contribution in [3.05, 3.63) is 46.8 Å². The molecule has 0 radical (unpaired) electrons. The van der Waals surface area contributed by atoms with Gasteiger partial charge in [-0.05, 0) is 24.3 Å². The summed E-state index contributed by atoms with van der Waals surface area (Å²) in [6.07, 6.45) is 1.45. The summed E-state index contributed by atoms with van der Waals surface area (Å²) in [4.78, 5) is 11.9. The molecule has 0 aliphatic heterocycles. The molecule has 1 aromatic carbocycles. The van der Waals surface area contributed by atoms with Crippen LogP contribution in [0.5, 0.6) is 11.5 Å². The lowest BCUT2D eigenvalue weighted by atomic mass is 10.2. The molecule has 2 aromatic heterocycles. The second-order valence-corrected chi connectivity index (χ2v) is 3.76. The van der Waals surface area contributed by atoms with Gasteiger partial charge in [-0.3, -0.25) is 4.79 Å². The zero-order chi connectivity index (χ0) is 12.7. The van der Waals surface area contributed by atoms with E-state index in [4.69, 9.17) is 8.83 Å². The average Bonchev–Trinajstić information content (AvgIpc) is 2.88. The van der Waals surface area contributed by atoms with E-state index in [1.165, 1.54) is 24.5 Å². The van der Waals surface area contributed by atoms with Crippen molar-refractivity contribution in [3.8, 4) is 23.0 Å². The van der Waals surface area contributed by atoms with Crippen molar-refractivity contribution in [1.29, 1.82) is 0 Å². The number of phenolic OH excluding ortho intramolecular Hbond substituents is 2. The molecule has 0 aliphatic carbocycles. The van der Waals surface area contributed by atoms with Gasteiger partial charge in [0.15, 0.2) is 28.3 Å². The first-order valence-corrected chi connectivity index (χ1v) is 5.19. The smallest absolute Gasteiger partial charge is 0.201 e. The summed E-state index contributed by atoms with van der Waals surface area (Å²) < 4.78 is 10.5. The second-order valence-electron chi connectivity index (χ2n) is 3.76. The first-order chi connectivity index (χ1) is 8.66. The lowest BCUT2D eigenvalue weighted by molar-refractivity contribution is 0.399. The van der Waals surface area contributed by atoms with Gasteiger partial charge >= 0.3 is 0 Å². The van der Waals surface area contributed by atoms with Crippen molar-refractivity contribution in [1.82, 2.24) is 0 Å². The minimum Gasteiger partial charge on any atom is -0.504 e. The number of aromatic hydroxyl groups is 2. The molecule has 0 saturated carbocycles. The Labute approximate surface area is 101 Å². The van der Waals surface area contributed by atoms with Crippen LogP contribution in [0.15, 0.2) is 50.2 Å². The number of rotatable bonds is 1. The highest BCUT2D eigenvalue weighted by molar-refractivity contribution is 5.85. The van der Waals surface area contributed by atoms with Gasteiger partial charge in [-0.25, -0.2) is 0 Å². The van der Waals surface area contributed by atoms with Crippen LogP contribution in [0, 0.1) is 0 Å². The molecule has 0 fully saturated rings. The van der Waals surface area contributed by atoms with E-state index in [1.807, 2.05) is 0 Å². The third kappa shape index (κ3) is 1.45. The maximum atomic E-state index is 11.9. The minimum atomic E-state index is -0.460. The molecule has 0 atom stereocenters. The van der Waals surface area contributed by atoms with Crippen LogP contribution in [0.3, 0.4) is 0 Å². The molecule has 0 bridgehead atoms. The van der Waals surface area contributed by atoms with E-state index in [2.05, 4.69) is 0 Å².